The number of anilines is 2. The summed E-state index contributed by atoms with van der Waals surface area (Å²) in [6.07, 6.45) is 0.720. The molecule has 2 aromatic carbocycles. The van der Waals surface area contributed by atoms with E-state index in [2.05, 4.69) is 0 Å². The van der Waals surface area contributed by atoms with Crippen LogP contribution in [0.5, 0.6) is 0 Å². The summed E-state index contributed by atoms with van der Waals surface area (Å²) in [5.74, 6) is -0.0861. The van der Waals surface area contributed by atoms with Crippen molar-refractivity contribution in [2.45, 2.75) is 6.92 Å². The number of aryl methyl sites for hydroxylation is 1. The molecule has 0 aromatic heterocycles. The van der Waals surface area contributed by atoms with Crippen LogP contribution in [0.15, 0.2) is 42.5 Å². The van der Waals surface area contributed by atoms with Crippen LogP contribution in [0, 0.1) is 6.92 Å². The molecule has 0 bridgehead atoms. The SMILES string of the molecule is Cc1ccc(C(=O)c2ccc(N(C)C=O)cc2)cc1N. The van der Waals surface area contributed by atoms with E-state index in [1.165, 1.54) is 4.90 Å². The summed E-state index contributed by atoms with van der Waals surface area (Å²) in [7, 11) is 1.66. The van der Waals surface area contributed by atoms with E-state index in [1.807, 2.05) is 13.0 Å². The maximum atomic E-state index is 12.3. The Balaban J connectivity index is 2.29. The summed E-state index contributed by atoms with van der Waals surface area (Å²) in [6, 6.07) is 12.2. The van der Waals surface area contributed by atoms with E-state index in [0.717, 1.165) is 17.7 Å². The standard InChI is InChI=1S/C16H16N2O2/c1-11-3-4-13(9-15(11)17)16(20)12-5-7-14(8-6-12)18(2)10-19/h3-10H,17H2,1-2H3. The third kappa shape index (κ3) is 2.69. The van der Waals surface area contributed by atoms with Crippen LogP contribution in [-0.4, -0.2) is 19.2 Å². The number of carbonyl (C=O) groups excluding carboxylic acids is 2. The van der Waals surface area contributed by atoms with Gasteiger partial charge in [0.2, 0.25) is 6.41 Å². The molecule has 0 spiro atoms. The second-order valence-corrected chi connectivity index (χ2v) is 4.66. The maximum Gasteiger partial charge on any atom is 0.213 e. The fraction of sp³-hybridized carbons (Fsp3) is 0.125. The molecule has 0 aliphatic heterocycles. The molecule has 0 saturated heterocycles. The average molecular weight is 268 g/mol. The van der Waals surface area contributed by atoms with Crippen LogP contribution < -0.4 is 10.6 Å². The van der Waals surface area contributed by atoms with Gasteiger partial charge < -0.3 is 10.6 Å². The number of ketones is 1. The van der Waals surface area contributed by atoms with Crippen molar-refractivity contribution in [3.8, 4) is 0 Å². The highest BCUT2D eigenvalue weighted by Gasteiger charge is 2.10. The van der Waals surface area contributed by atoms with Gasteiger partial charge in [-0.2, -0.15) is 0 Å². The number of hydrogen-bond acceptors (Lipinski definition) is 3. The van der Waals surface area contributed by atoms with E-state index in [4.69, 9.17) is 5.73 Å². The van der Waals surface area contributed by atoms with Crippen LogP contribution in [0.4, 0.5) is 11.4 Å². The highest BCUT2D eigenvalue weighted by atomic mass is 16.1. The van der Waals surface area contributed by atoms with Gasteiger partial charge in [-0.05, 0) is 42.8 Å². The fourth-order valence-electron chi connectivity index (χ4n) is 1.86. The molecular formula is C16H16N2O2. The largest absolute Gasteiger partial charge is 0.398 e. The minimum absolute atomic E-state index is 0.0861. The van der Waals surface area contributed by atoms with Crippen molar-refractivity contribution in [3.63, 3.8) is 0 Å². The topological polar surface area (TPSA) is 63.4 Å². The summed E-state index contributed by atoms with van der Waals surface area (Å²) >= 11 is 0. The summed E-state index contributed by atoms with van der Waals surface area (Å²) in [5.41, 5.74) is 9.24. The third-order valence-electron chi connectivity index (χ3n) is 3.24. The minimum atomic E-state index is -0.0861. The molecule has 0 fully saturated rings. The van der Waals surface area contributed by atoms with Gasteiger partial charge in [0.1, 0.15) is 0 Å². The predicted octanol–water partition coefficient (Wildman–Crippen LogP) is 2.40. The molecule has 1 amide bonds. The molecule has 0 atom stereocenters. The van der Waals surface area contributed by atoms with Gasteiger partial charge in [0.25, 0.3) is 0 Å². The number of nitrogens with two attached hydrogens (primary N) is 1. The second-order valence-electron chi connectivity index (χ2n) is 4.66. The molecule has 2 rings (SSSR count). The molecule has 0 heterocycles. The van der Waals surface area contributed by atoms with Crippen molar-refractivity contribution in [1.82, 2.24) is 0 Å². The summed E-state index contributed by atoms with van der Waals surface area (Å²) in [5, 5.41) is 0. The lowest BCUT2D eigenvalue weighted by molar-refractivity contribution is -0.107. The first-order valence-electron chi connectivity index (χ1n) is 6.22. The Hall–Kier alpha value is -2.62. The van der Waals surface area contributed by atoms with Crippen molar-refractivity contribution >= 4 is 23.6 Å². The lowest BCUT2D eigenvalue weighted by Gasteiger charge is -2.11. The third-order valence-corrected chi connectivity index (χ3v) is 3.24. The number of amides is 1. The first-order chi connectivity index (χ1) is 9.52. The van der Waals surface area contributed by atoms with Crippen molar-refractivity contribution in [1.29, 1.82) is 0 Å². The van der Waals surface area contributed by atoms with E-state index < -0.39 is 0 Å². The number of rotatable bonds is 4. The second kappa shape index (κ2) is 5.57. The molecule has 4 heteroatoms. The Kier molecular flexibility index (Phi) is 3.84. The zero-order valence-electron chi connectivity index (χ0n) is 11.5. The normalized spacial score (nSPS) is 10.1. The summed E-state index contributed by atoms with van der Waals surface area (Å²) in [6.45, 7) is 1.90. The number of benzene rings is 2. The Bertz CT molecular complexity index is 648. The van der Waals surface area contributed by atoms with Gasteiger partial charge in [-0.1, -0.05) is 12.1 Å². The molecular weight excluding hydrogens is 252 g/mol. The van der Waals surface area contributed by atoms with Gasteiger partial charge in [-0.3, -0.25) is 9.59 Å². The van der Waals surface area contributed by atoms with E-state index in [9.17, 15) is 9.59 Å². The predicted molar refractivity (Wildman–Crippen MR) is 79.9 cm³/mol. The highest BCUT2D eigenvalue weighted by Crippen LogP contribution is 2.18. The highest BCUT2D eigenvalue weighted by molar-refractivity contribution is 6.09. The molecule has 102 valence electrons. The monoisotopic (exact) mass is 268 g/mol. The number of nitrogens with zero attached hydrogens (tertiary/aromatic N) is 1. The van der Waals surface area contributed by atoms with E-state index >= 15 is 0 Å². The van der Waals surface area contributed by atoms with Crippen molar-refractivity contribution in [2.75, 3.05) is 17.7 Å². The lowest BCUT2D eigenvalue weighted by atomic mass is 10.0. The maximum absolute atomic E-state index is 12.3. The average Bonchev–Trinajstić information content (AvgIpc) is 2.48. The molecule has 4 nitrogen and oxygen atoms in total. The van der Waals surface area contributed by atoms with Crippen LogP contribution in [0.3, 0.4) is 0 Å². The van der Waals surface area contributed by atoms with Gasteiger partial charge in [-0.15, -0.1) is 0 Å². The zero-order chi connectivity index (χ0) is 14.7. The Morgan fingerprint density at radius 3 is 2.25 bits per heavy atom. The Morgan fingerprint density at radius 2 is 1.70 bits per heavy atom. The van der Waals surface area contributed by atoms with E-state index in [-0.39, 0.29) is 5.78 Å². The van der Waals surface area contributed by atoms with Crippen LogP contribution in [0.25, 0.3) is 0 Å². The quantitative estimate of drug-likeness (QED) is 0.526. The number of hydrogen-bond donors (Lipinski definition) is 1. The van der Waals surface area contributed by atoms with Gasteiger partial charge in [0.05, 0.1) is 0 Å². The van der Waals surface area contributed by atoms with Crippen LogP contribution >= 0.6 is 0 Å². The Morgan fingerprint density at radius 1 is 1.10 bits per heavy atom. The van der Waals surface area contributed by atoms with Crippen LogP contribution in [0.2, 0.25) is 0 Å². The van der Waals surface area contributed by atoms with Crippen molar-refractivity contribution in [2.24, 2.45) is 0 Å². The van der Waals surface area contributed by atoms with Gasteiger partial charge in [0, 0.05) is 29.5 Å². The zero-order valence-corrected chi connectivity index (χ0v) is 11.5. The molecule has 0 unspecified atom stereocenters. The van der Waals surface area contributed by atoms with Gasteiger partial charge in [-0.25, -0.2) is 0 Å². The molecule has 20 heavy (non-hydrogen) atoms. The Labute approximate surface area is 117 Å². The number of carbonyl (C=O) groups is 2. The van der Waals surface area contributed by atoms with Crippen molar-refractivity contribution < 1.29 is 9.59 Å². The van der Waals surface area contributed by atoms with Gasteiger partial charge >= 0.3 is 0 Å². The summed E-state index contributed by atoms with van der Waals surface area (Å²) in [4.78, 5) is 24.4. The first kappa shape index (κ1) is 13.8. The van der Waals surface area contributed by atoms with Crippen LogP contribution in [0.1, 0.15) is 21.5 Å². The molecule has 0 aliphatic rings. The molecule has 0 aliphatic carbocycles. The van der Waals surface area contributed by atoms with E-state index in [1.54, 1.807) is 43.4 Å². The summed E-state index contributed by atoms with van der Waals surface area (Å²) < 4.78 is 0. The lowest BCUT2D eigenvalue weighted by Crippen LogP contribution is -2.13. The minimum Gasteiger partial charge on any atom is -0.398 e. The molecule has 0 saturated carbocycles. The van der Waals surface area contributed by atoms with Gasteiger partial charge in [0.15, 0.2) is 5.78 Å². The molecule has 0 radical (unpaired) electrons. The first-order valence-corrected chi connectivity index (χ1v) is 6.22. The molecule has 2 N–H and O–H groups in total. The van der Waals surface area contributed by atoms with Crippen LogP contribution in [-0.2, 0) is 4.79 Å². The molecule has 2 aromatic rings. The fourth-order valence-corrected chi connectivity index (χ4v) is 1.86. The smallest absolute Gasteiger partial charge is 0.213 e. The van der Waals surface area contributed by atoms with E-state index in [0.29, 0.717) is 16.8 Å². The number of nitrogen functional groups attached to an aromatic ring is 1. The van der Waals surface area contributed by atoms with Crippen molar-refractivity contribution in [3.05, 3.63) is 59.2 Å².